The van der Waals surface area contributed by atoms with Gasteiger partial charge in [-0.3, -0.25) is 14.4 Å². The van der Waals surface area contributed by atoms with Crippen LogP contribution in [0, 0.1) is 23.7 Å². The Kier molecular flexibility index (Phi) is 8.95. The Balaban J connectivity index is 2.13. The van der Waals surface area contributed by atoms with Gasteiger partial charge in [0.2, 0.25) is 11.8 Å². The Labute approximate surface area is 222 Å². The van der Waals surface area contributed by atoms with E-state index in [2.05, 4.69) is 13.2 Å². The SMILES string of the molecule is C=CCCCOC(=O)[C@H]1[C@H]2C(=O)N([C@@H](CO)[C@@H](C)CC)C(C(=O)N(CC=C)C(C)C)C23CC(C)[C@]1(C)O3. The molecule has 8 heteroatoms. The minimum absolute atomic E-state index is 0.0547. The predicted octanol–water partition coefficient (Wildman–Crippen LogP) is 3.34. The number of unbranched alkanes of at least 4 members (excludes halogenated alkanes) is 1. The molecular weight excluding hydrogens is 472 g/mol. The first kappa shape index (κ1) is 29.4. The molecule has 0 radical (unpaired) electrons. The molecule has 0 aliphatic carbocycles. The molecule has 2 amide bonds. The van der Waals surface area contributed by atoms with Crippen molar-refractivity contribution in [3.8, 4) is 0 Å². The highest BCUT2D eigenvalue weighted by Gasteiger charge is 2.81. The third kappa shape index (κ3) is 4.65. The molecule has 0 aromatic heterocycles. The van der Waals surface area contributed by atoms with Crippen molar-refractivity contribution < 1.29 is 29.0 Å². The number of carbonyl (C=O) groups is 3. The van der Waals surface area contributed by atoms with Crippen molar-refractivity contribution in [1.82, 2.24) is 9.80 Å². The maximum atomic E-state index is 14.3. The Bertz CT molecular complexity index is 905. The average Bonchev–Trinajstić information content (AvgIpc) is 3.37. The van der Waals surface area contributed by atoms with Gasteiger partial charge >= 0.3 is 5.97 Å². The quantitative estimate of drug-likeness (QED) is 0.228. The van der Waals surface area contributed by atoms with Crippen LogP contribution in [0.15, 0.2) is 25.3 Å². The molecule has 1 N–H and O–H groups in total. The predicted molar refractivity (Wildman–Crippen MR) is 141 cm³/mol. The van der Waals surface area contributed by atoms with Gasteiger partial charge in [-0.05, 0) is 51.9 Å². The second kappa shape index (κ2) is 11.3. The summed E-state index contributed by atoms with van der Waals surface area (Å²) in [6, 6.07) is -1.65. The maximum Gasteiger partial charge on any atom is 0.312 e. The largest absolute Gasteiger partial charge is 0.465 e. The molecule has 1 spiro atoms. The number of likely N-dealkylation sites (tertiary alicyclic amines) is 1. The zero-order valence-corrected chi connectivity index (χ0v) is 23.4. The second-order valence-electron chi connectivity index (χ2n) is 11.6. The fourth-order valence-electron chi connectivity index (χ4n) is 6.83. The topological polar surface area (TPSA) is 96.4 Å². The number of aliphatic hydroxyl groups excluding tert-OH is 1. The molecule has 3 saturated heterocycles. The van der Waals surface area contributed by atoms with Gasteiger partial charge in [0.15, 0.2) is 0 Å². The van der Waals surface area contributed by atoms with Crippen molar-refractivity contribution in [2.24, 2.45) is 23.7 Å². The molecule has 3 fully saturated rings. The minimum atomic E-state index is -1.16. The van der Waals surface area contributed by atoms with Crippen molar-refractivity contribution in [1.29, 1.82) is 0 Å². The van der Waals surface area contributed by atoms with E-state index in [4.69, 9.17) is 9.47 Å². The van der Waals surface area contributed by atoms with E-state index in [0.29, 0.717) is 19.4 Å². The van der Waals surface area contributed by atoms with Crippen LogP contribution in [-0.2, 0) is 23.9 Å². The van der Waals surface area contributed by atoms with E-state index in [1.807, 2.05) is 41.5 Å². The number of nitrogens with zero attached hydrogens (tertiary/aromatic N) is 2. The van der Waals surface area contributed by atoms with Gasteiger partial charge in [0.1, 0.15) is 17.6 Å². The first-order valence-electron chi connectivity index (χ1n) is 13.8. The van der Waals surface area contributed by atoms with E-state index in [-0.39, 0.29) is 42.9 Å². The number of aliphatic hydroxyl groups is 1. The maximum absolute atomic E-state index is 14.3. The molecule has 8 atom stereocenters. The zero-order valence-electron chi connectivity index (χ0n) is 23.4. The van der Waals surface area contributed by atoms with Crippen LogP contribution in [-0.4, -0.2) is 81.8 Å². The van der Waals surface area contributed by atoms with Crippen molar-refractivity contribution in [3.05, 3.63) is 25.3 Å². The summed E-state index contributed by atoms with van der Waals surface area (Å²) in [5.41, 5.74) is -2.09. The molecule has 208 valence electrons. The van der Waals surface area contributed by atoms with E-state index < -0.39 is 41.1 Å². The Hall–Kier alpha value is -2.19. The lowest BCUT2D eigenvalue weighted by Crippen LogP contribution is -2.60. The highest BCUT2D eigenvalue weighted by molar-refractivity contribution is 5.99. The highest BCUT2D eigenvalue weighted by Crippen LogP contribution is 2.66. The van der Waals surface area contributed by atoms with Crippen molar-refractivity contribution in [2.45, 2.75) is 96.6 Å². The van der Waals surface area contributed by atoms with Crippen LogP contribution < -0.4 is 0 Å². The monoisotopic (exact) mass is 518 g/mol. The lowest BCUT2D eigenvalue weighted by Gasteiger charge is -2.42. The van der Waals surface area contributed by atoms with Gasteiger partial charge in [0, 0.05) is 12.6 Å². The van der Waals surface area contributed by atoms with E-state index in [9.17, 15) is 19.5 Å². The number of fused-ring (bicyclic) bond motifs is 1. The summed E-state index contributed by atoms with van der Waals surface area (Å²) >= 11 is 0. The van der Waals surface area contributed by atoms with Crippen LogP contribution in [0.25, 0.3) is 0 Å². The number of hydrogen-bond acceptors (Lipinski definition) is 6. The van der Waals surface area contributed by atoms with E-state index in [0.717, 1.165) is 12.8 Å². The van der Waals surface area contributed by atoms with E-state index in [1.165, 1.54) is 0 Å². The summed E-state index contributed by atoms with van der Waals surface area (Å²) in [4.78, 5) is 45.4. The molecule has 0 saturated carbocycles. The highest BCUT2D eigenvalue weighted by atomic mass is 16.6. The molecule has 37 heavy (non-hydrogen) atoms. The van der Waals surface area contributed by atoms with Gasteiger partial charge in [0.05, 0.1) is 30.8 Å². The number of rotatable bonds is 13. The molecule has 3 unspecified atom stereocenters. The molecule has 3 aliphatic rings. The first-order chi connectivity index (χ1) is 17.5. The lowest BCUT2D eigenvalue weighted by molar-refractivity contribution is -0.164. The van der Waals surface area contributed by atoms with Crippen LogP contribution in [0.3, 0.4) is 0 Å². The van der Waals surface area contributed by atoms with Crippen LogP contribution in [0.4, 0.5) is 0 Å². The standard InChI is InChI=1S/C29H46N2O6/c1-9-12-13-15-36-27(35)23-22-25(33)31(21(17-32)19(6)11-3)24(26(34)30(14-10-2)18(4)5)29(22)16-20(7)28(23,8)37-29/h9-10,18-24,32H,1-2,11-17H2,3-8H3/t19-,20?,21-,22-,23+,24?,28-,29?/m0/s1. The summed E-state index contributed by atoms with van der Waals surface area (Å²) in [6.07, 6.45) is 6.02. The third-order valence-corrected chi connectivity index (χ3v) is 9.11. The molecular formula is C29H46N2O6. The molecule has 2 bridgehead atoms. The summed E-state index contributed by atoms with van der Waals surface area (Å²) in [6.45, 7) is 19.5. The Morgan fingerprint density at radius 2 is 1.97 bits per heavy atom. The molecule has 3 aliphatic heterocycles. The third-order valence-electron chi connectivity index (χ3n) is 9.11. The van der Waals surface area contributed by atoms with Gasteiger partial charge in [-0.25, -0.2) is 0 Å². The first-order valence-corrected chi connectivity index (χ1v) is 13.8. The van der Waals surface area contributed by atoms with Crippen LogP contribution in [0.2, 0.25) is 0 Å². The lowest BCUT2D eigenvalue weighted by atomic mass is 9.62. The molecule has 3 heterocycles. The molecule has 3 rings (SSSR count). The molecule has 0 aromatic rings. The van der Waals surface area contributed by atoms with E-state index in [1.54, 1.807) is 22.0 Å². The van der Waals surface area contributed by atoms with Gasteiger partial charge in [-0.2, -0.15) is 0 Å². The number of ether oxygens (including phenoxy) is 2. The second-order valence-corrected chi connectivity index (χ2v) is 11.6. The molecule has 0 aromatic carbocycles. The Morgan fingerprint density at radius 1 is 1.30 bits per heavy atom. The van der Waals surface area contributed by atoms with Gasteiger partial charge < -0.3 is 24.4 Å². The Morgan fingerprint density at radius 3 is 2.51 bits per heavy atom. The fourth-order valence-corrected chi connectivity index (χ4v) is 6.83. The van der Waals surface area contributed by atoms with Crippen molar-refractivity contribution in [2.75, 3.05) is 19.8 Å². The van der Waals surface area contributed by atoms with Gasteiger partial charge in [-0.1, -0.05) is 39.3 Å². The summed E-state index contributed by atoms with van der Waals surface area (Å²) in [5.74, 6) is -2.78. The van der Waals surface area contributed by atoms with Crippen LogP contribution in [0.1, 0.15) is 67.2 Å². The normalized spacial score (nSPS) is 33.8. The number of allylic oxidation sites excluding steroid dienone is 1. The number of hydrogen-bond donors (Lipinski definition) is 1. The van der Waals surface area contributed by atoms with Crippen LogP contribution >= 0.6 is 0 Å². The number of amides is 2. The van der Waals surface area contributed by atoms with Crippen molar-refractivity contribution >= 4 is 17.8 Å². The van der Waals surface area contributed by atoms with Crippen molar-refractivity contribution in [3.63, 3.8) is 0 Å². The minimum Gasteiger partial charge on any atom is -0.465 e. The summed E-state index contributed by atoms with van der Waals surface area (Å²) in [5, 5.41) is 10.5. The molecule has 8 nitrogen and oxygen atoms in total. The van der Waals surface area contributed by atoms with Gasteiger partial charge in [0.25, 0.3) is 0 Å². The zero-order chi connectivity index (χ0) is 27.7. The summed E-state index contributed by atoms with van der Waals surface area (Å²) in [7, 11) is 0. The van der Waals surface area contributed by atoms with Gasteiger partial charge in [-0.15, -0.1) is 13.2 Å². The number of carbonyl (C=O) groups excluding carboxylic acids is 3. The van der Waals surface area contributed by atoms with E-state index >= 15 is 0 Å². The summed E-state index contributed by atoms with van der Waals surface area (Å²) < 4.78 is 12.4. The number of esters is 1. The average molecular weight is 519 g/mol. The fraction of sp³-hybridized carbons (Fsp3) is 0.759. The van der Waals surface area contributed by atoms with Crippen LogP contribution in [0.5, 0.6) is 0 Å². The smallest absolute Gasteiger partial charge is 0.312 e.